The molecule has 0 N–H and O–H groups in total. The van der Waals surface area contributed by atoms with Gasteiger partial charge in [-0.2, -0.15) is 11.8 Å². The van der Waals surface area contributed by atoms with Crippen LogP contribution >= 0.6 is 11.8 Å². The molecule has 0 spiro atoms. The molecule has 0 amide bonds. The summed E-state index contributed by atoms with van der Waals surface area (Å²) in [5.74, 6) is 3.49. The van der Waals surface area contributed by atoms with Crippen molar-refractivity contribution in [2.45, 2.75) is 6.54 Å². The van der Waals surface area contributed by atoms with Gasteiger partial charge in [0.1, 0.15) is 12.0 Å². The number of methoxy groups -OCH3 is 2. The Labute approximate surface area is 167 Å². The van der Waals surface area contributed by atoms with Crippen LogP contribution in [0.2, 0.25) is 0 Å². The van der Waals surface area contributed by atoms with Crippen molar-refractivity contribution in [2.24, 2.45) is 0 Å². The van der Waals surface area contributed by atoms with Gasteiger partial charge in [0.05, 0.1) is 20.8 Å². The molecule has 150 valence electrons. The number of thioether (sulfide) groups is 1. The number of hydrogen-bond donors (Lipinski definition) is 0. The Morgan fingerprint density at radius 1 is 1.11 bits per heavy atom. The van der Waals surface area contributed by atoms with E-state index in [0.29, 0.717) is 29.4 Å². The van der Waals surface area contributed by atoms with Crippen LogP contribution in [0, 0.1) is 0 Å². The topological polar surface area (TPSA) is 78.2 Å². The fraction of sp³-hybridized carbons (Fsp3) is 0.400. The number of hydrogen-bond acceptors (Lipinski definition) is 8. The van der Waals surface area contributed by atoms with Crippen LogP contribution < -0.4 is 19.6 Å². The normalized spacial score (nSPS) is 14.5. The van der Waals surface area contributed by atoms with Crippen LogP contribution in [0.5, 0.6) is 17.2 Å². The van der Waals surface area contributed by atoms with E-state index in [1.165, 1.54) is 26.5 Å². The number of benzene rings is 1. The van der Waals surface area contributed by atoms with E-state index in [2.05, 4.69) is 4.90 Å². The average molecular weight is 405 g/mol. The maximum atomic E-state index is 12.4. The lowest BCUT2D eigenvalue weighted by Crippen LogP contribution is -2.32. The predicted molar refractivity (Wildman–Crippen MR) is 107 cm³/mol. The zero-order valence-electron chi connectivity index (χ0n) is 15.9. The number of rotatable bonds is 8. The minimum atomic E-state index is -0.298. The van der Waals surface area contributed by atoms with Gasteiger partial charge in [-0.3, -0.25) is 14.5 Å². The highest BCUT2D eigenvalue weighted by Crippen LogP contribution is 2.27. The largest absolute Gasteiger partial charge is 0.493 e. The summed E-state index contributed by atoms with van der Waals surface area (Å²) in [6.07, 6.45) is 1.28. The van der Waals surface area contributed by atoms with Crippen LogP contribution in [0.3, 0.4) is 0 Å². The van der Waals surface area contributed by atoms with Crippen molar-refractivity contribution >= 4 is 17.5 Å². The van der Waals surface area contributed by atoms with Crippen molar-refractivity contribution in [3.05, 3.63) is 52.1 Å². The third-order valence-corrected chi connectivity index (χ3v) is 5.34. The molecule has 7 nitrogen and oxygen atoms in total. The fourth-order valence-electron chi connectivity index (χ4n) is 2.84. The lowest BCUT2D eigenvalue weighted by Gasteiger charge is -2.25. The SMILES string of the molecule is COc1ccc(C(=O)COc2coc(CN3CCSCC3)cc2=O)cc1OC. The minimum absolute atomic E-state index is 0.0202. The molecule has 0 atom stereocenters. The lowest BCUT2D eigenvalue weighted by atomic mass is 10.1. The average Bonchev–Trinajstić information content (AvgIpc) is 2.73. The molecule has 2 aromatic rings. The van der Waals surface area contributed by atoms with E-state index in [1.807, 2.05) is 11.8 Å². The van der Waals surface area contributed by atoms with Gasteiger partial charge < -0.3 is 18.6 Å². The van der Waals surface area contributed by atoms with Gasteiger partial charge in [0.15, 0.2) is 23.9 Å². The molecule has 2 heterocycles. The Hall–Kier alpha value is -2.45. The van der Waals surface area contributed by atoms with Gasteiger partial charge in [-0.15, -0.1) is 0 Å². The second kappa shape index (κ2) is 9.66. The Kier molecular flexibility index (Phi) is 7.00. The number of carbonyl (C=O) groups excluding carboxylic acids is 1. The van der Waals surface area contributed by atoms with Gasteiger partial charge in [0, 0.05) is 36.2 Å². The molecule has 1 aliphatic rings. The summed E-state index contributed by atoms with van der Waals surface area (Å²) in [6, 6.07) is 6.27. The zero-order valence-corrected chi connectivity index (χ0v) is 16.8. The quantitative estimate of drug-likeness (QED) is 0.620. The summed E-state index contributed by atoms with van der Waals surface area (Å²) in [7, 11) is 3.02. The number of nitrogens with zero attached hydrogens (tertiary/aromatic N) is 1. The summed E-state index contributed by atoms with van der Waals surface area (Å²) < 4.78 is 21.3. The first-order valence-electron chi connectivity index (χ1n) is 8.90. The van der Waals surface area contributed by atoms with Crippen LogP contribution in [-0.4, -0.2) is 56.1 Å². The maximum absolute atomic E-state index is 12.4. The Morgan fingerprint density at radius 3 is 2.54 bits per heavy atom. The highest BCUT2D eigenvalue weighted by Gasteiger charge is 2.15. The highest BCUT2D eigenvalue weighted by molar-refractivity contribution is 7.99. The van der Waals surface area contributed by atoms with Gasteiger partial charge >= 0.3 is 0 Å². The summed E-state index contributed by atoms with van der Waals surface area (Å²) >= 11 is 1.93. The second-order valence-electron chi connectivity index (χ2n) is 6.24. The van der Waals surface area contributed by atoms with E-state index in [-0.39, 0.29) is 23.6 Å². The van der Waals surface area contributed by atoms with E-state index in [1.54, 1.807) is 18.2 Å². The van der Waals surface area contributed by atoms with Crippen LogP contribution in [0.4, 0.5) is 0 Å². The summed E-state index contributed by atoms with van der Waals surface area (Å²) in [6.45, 7) is 2.28. The number of Topliss-reactive ketones (excluding diaryl/α,β-unsaturated/α-hetero) is 1. The standard InChI is InChI=1S/C20H23NO6S/c1-24-18-4-3-14(9-19(18)25-2)17(23)12-27-20-13-26-15(10-16(20)22)11-21-5-7-28-8-6-21/h3-4,9-10,13H,5-8,11-12H2,1-2H3. The predicted octanol–water partition coefficient (Wildman–Crippen LogP) is 2.47. The lowest BCUT2D eigenvalue weighted by molar-refractivity contribution is 0.0918. The van der Waals surface area contributed by atoms with E-state index in [4.69, 9.17) is 18.6 Å². The summed E-state index contributed by atoms with van der Waals surface area (Å²) in [5, 5.41) is 0. The third-order valence-electron chi connectivity index (χ3n) is 4.40. The molecule has 28 heavy (non-hydrogen) atoms. The first-order chi connectivity index (χ1) is 13.6. The molecular weight excluding hydrogens is 382 g/mol. The van der Waals surface area contributed by atoms with E-state index >= 15 is 0 Å². The molecule has 3 rings (SSSR count). The Morgan fingerprint density at radius 2 is 1.86 bits per heavy atom. The van der Waals surface area contributed by atoms with Gasteiger partial charge in [-0.05, 0) is 18.2 Å². The van der Waals surface area contributed by atoms with Gasteiger partial charge in [0.25, 0.3) is 0 Å². The molecule has 8 heteroatoms. The first-order valence-corrected chi connectivity index (χ1v) is 10.1. The van der Waals surface area contributed by atoms with Crippen LogP contribution in [0.25, 0.3) is 0 Å². The summed E-state index contributed by atoms with van der Waals surface area (Å²) in [5.41, 5.74) is 0.106. The van der Waals surface area contributed by atoms with Gasteiger partial charge in [-0.1, -0.05) is 0 Å². The number of ether oxygens (including phenoxy) is 3. The molecule has 1 fully saturated rings. The molecule has 0 radical (unpaired) electrons. The molecule has 0 aliphatic carbocycles. The highest BCUT2D eigenvalue weighted by atomic mass is 32.2. The Balaban J connectivity index is 1.61. The van der Waals surface area contributed by atoms with Crippen molar-refractivity contribution in [3.8, 4) is 17.2 Å². The van der Waals surface area contributed by atoms with Gasteiger partial charge in [-0.25, -0.2) is 0 Å². The molecule has 1 aromatic carbocycles. The van der Waals surface area contributed by atoms with Crippen molar-refractivity contribution in [2.75, 3.05) is 45.4 Å². The minimum Gasteiger partial charge on any atom is -0.493 e. The maximum Gasteiger partial charge on any atom is 0.227 e. The van der Waals surface area contributed by atoms with Gasteiger partial charge in [0.2, 0.25) is 11.2 Å². The van der Waals surface area contributed by atoms with E-state index in [0.717, 1.165) is 24.6 Å². The number of ketones is 1. The van der Waals surface area contributed by atoms with Crippen molar-refractivity contribution in [1.82, 2.24) is 4.90 Å². The third kappa shape index (κ3) is 5.08. The molecule has 1 aliphatic heterocycles. The monoisotopic (exact) mass is 405 g/mol. The molecule has 0 saturated carbocycles. The molecular formula is C20H23NO6S. The van der Waals surface area contributed by atoms with Crippen LogP contribution in [-0.2, 0) is 6.54 Å². The van der Waals surface area contributed by atoms with E-state index < -0.39 is 0 Å². The fourth-order valence-corrected chi connectivity index (χ4v) is 3.82. The van der Waals surface area contributed by atoms with Crippen molar-refractivity contribution < 1.29 is 23.4 Å². The van der Waals surface area contributed by atoms with Crippen molar-refractivity contribution in [1.29, 1.82) is 0 Å². The molecule has 0 bridgehead atoms. The number of carbonyl (C=O) groups is 1. The van der Waals surface area contributed by atoms with Crippen molar-refractivity contribution in [3.63, 3.8) is 0 Å². The molecule has 1 aromatic heterocycles. The molecule has 1 saturated heterocycles. The second-order valence-corrected chi connectivity index (χ2v) is 7.47. The first kappa shape index (κ1) is 20.3. The summed E-state index contributed by atoms with van der Waals surface area (Å²) in [4.78, 5) is 26.9. The van der Waals surface area contributed by atoms with E-state index in [9.17, 15) is 9.59 Å². The smallest absolute Gasteiger partial charge is 0.227 e. The van der Waals surface area contributed by atoms with Crippen LogP contribution in [0.1, 0.15) is 16.1 Å². The Bertz CT molecular complexity index is 875. The zero-order chi connectivity index (χ0) is 19.9. The molecule has 0 unspecified atom stereocenters. The van der Waals surface area contributed by atoms with Crippen LogP contribution in [0.15, 0.2) is 39.7 Å².